The number of alkyl halides is 2. The lowest BCUT2D eigenvalue weighted by atomic mass is 10.1. The van der Waals surface area contributed by atoms with Gasteiger partial charge in [-0.2, -0.15) is 0 Å². The Morgan fingerprint density at radius 1 is 1.43 bits per heavy atom. The SMILES string of the molecule is CC(C)(C)n1cc(C#CCNC(=O)C(Cl)Cl)c2ccsc2c1=O. The summed E-state index contributed by atoms with van der Waals surface area (Å²) in [5.41, 5.74) is 0.386. The first kappa shape index (κ1) is 17.9. The number of carbonyl (C=O) groups is 1. The zero-order chi connectivity index (χ0) is 17.2. The Morgan fingerprint density at radius 3 is 2.74 bits per heavy atom. The van der Waals surface area contributed by atoms with E-state index >= 15 is 0 Å². The van der Waals surface area contributed by atoms with Gasteiger partial charge in [-0.1, -0.05) is 35.0 Å². The second-order valence-electron chi connectivity index (χ2n) is 5.87. The molecule has 23 heavy (non-hydrogen) atoms. The van der Waals surface area contributed by atoms with Gasteiger partial charge < -0.3 is 9.88 Å². The molecule has 7 heteroatoms. The fraction of sp³-hybridized carbons (Fsp3) is 0.375. The minimum atomic E-state index is -1.11. The van der Waals surface area contributed by atoms with E-state index < -0.39 is 10.7 Å². The molecule has 0 aliphatic heterocycles. The van der Waals surface area contributed by atoms with Gasteiger partial charge in [-0.3, -0.25) is 9.59 Å². The maximum atomic E-state index is 12.5. The van der Waals surface area contributed by atoms with Crippen molar-refractivity contribution in [3.8, 4) is 11.8 Å². The van der Waals surface area contributed by atoms with Crippen LogP contribution in [0, 0.1) is 11.8 Å². The summed E-state index contributed by atoms with van der Waals surface area (Å²) < 4.78 is 2.36. The molecule has 2 aromatic heterocycles. The summed E-state index contributed by atoms with van der Waals surface area (Å²) in [6.07, 6.45) is 1.76. The van der Waals surface area contributed by atoms with Crippen LogP contribution >= 0.6 is 34.5 Å². The average Bonchev–Trinajstić information content (AvgIpc) is 2.94. The average molecular weight is 371 g/mol. The topological polar surface area (TPSA) is 51.1 Å². The number of hydrogen-bond acceptors (Lipinski definition) is 3. The van der Waals surface area contributed by atoms with Crippen LogP contribution in [0.25, 0.3) is 10.1 Å². The van der Waals surface area contributed by atoms with Crippen LogP contribution in [0.1, 0.15) is 26.3 Å². The lowest BCUT2D eigenvalue weighted by Gasteiger charge is -2.22. The second-order valence-corrected chi connectivity index (χ2v) is 7.88. The van der Waals surface area contributed by atoms with Gasteiger partial charge in [0.2, 0.25) is 0 Å². The fourth-order valence-electron chi connectivity index (χ4n) is 2.00. The summed E-state index contributed by atoms with van der Waals surface area (Å²) in [5.74, 6) is 5.38. The Hall–Kier alpha value is -1.48. The third kappa shape index (κ3) is 4.08. The normalized spacial score (nSPS) is 11.4. The Morgan fingerprint density at radius 2 is 2.13 bits per heavy atom. The molecule has 2 aromatic rings. The van der Waals surface area contributed by atoms with E-state index in [1.165, 1.54) is 11.3 Å². The van der Waals surface area contributed by atoms with Gasteiger partial charge in [0.05, 0.1) is 6.54 Å². The second kappa shape index (κ2) is 6.96. The van der Waals surface area contributed by atoms with Gasteiger partial charge in [-0.25, -0.2) is 0 Å². The molecule has 0 saturated carbocycles. The van der Waals surface area contributed by atoms with E-state index in [2.05, 4.69) is 17.2 Å². The van der Waals surface area contributed by atoms with Gasteiger partial charge in [0.15, 0.2) is 4.84 Å². The van der Waals surface area contributed by atoms with E-state index in [1.54, 1.807) is 10.8 Å². The number of nitrogens with one attached hydrogen (secondary N) is 1. The van der Waals surface area contributed by atoms with E-state index in [0.717, 1.165) is 10.9 Å². The van der Waals surface area contributed by atoms with Crippen molar-refractivity contribution in [2.24, 2.45) is 0 Å². The fourth-order valence-corrected chi connectivity index (χ4v) is 3.00. The quantitative estimate of drug-likeness (QED) is 0.652. The van der Waals surface area contributed by atoms with E-state index in [0.29, 0.717) is 4.70 Å². The van der Waals surface area contributed by atoms with Crippen LogP contribution in [-0.4, -0.2) is 21.9 Å². The van der Waals surface area contributed by atoms with Crippen LogP contribution in [0.5, 0.6) is 0 Å². The molecule has 1 amide bonds. The van der Waals surface area contributed by atoms with Crippen LogP contribution in [0.15, 0.2) is 22.4 Å². The van der Waals surface area contributed by atoms with Crippen LogP contribution in [0.4, 0.5) is 0 Å². The van der Waals surface area contributed by atoms with Gasteiger partial charge >= 0.3 is 0 Å². The van der Waals surface area contributed by atoms with Crippen molar-refractivity contribution in [3.05, 3.63) is 33.6 Å². The van der Waals surface area contributed by atoms with Crippen molar-refractivity contribution in [1.82, 2.24) is 9.88 Å². The van der Waals surface area contributed by atoms with E-state index in [1.807, 2.05) is 32.2 Å². The molecule has 4 nitrogen and oxygen atoms in total. The highest BCUT2D eigenvalue weighted by Gasteiger charge is 2.18. The van der Waals surface area contributed by atoms with E-state index in [-0.39, 0.29) is 17.6 Å². The molecule has 0 bridgehead atoms. The van der Waals surface area contributed by atoms with Crippen molar-refractivity contribution < 1.29 is 4.79 Å². The summed E-state index contributed by atoms with van der Waals surface area (Å²) >= 11 is 12.3. The zero-order valence-electron chi connectivity index (χ0n) is 12.9. The number of amides is 1. The van der Waals surface area contributed by atoms with Crippen molar-refractivity contribution >= 4 is 50.5 Å². The third-order valence-corrected chi connectivity index (χ3v) is 4.42. The van der Waals surface area contributed by atoms with Crippen LogP contribution in [0.2, 0.25) is 0 Å². The predicted octanol–water partition coefficient (Wildman–Crippen LogP) is 3.09. The molecule has 0 saturated heterocycles. The molecule has 1 N–H and O–H groups in total. The maximum absolute atomic E-state index is 12.5. The van der Waals surface area contributed by atoms with Crippen LogP contribution < -0.4 is 10.9 Å². The van der Waals surface area contributed by atoms with Crippen LogP contribution in [-0.2, 0) is 10.3 Å². The lowest BCUT2D eigenvalue weighted by molar-refractivity contribution is -0.119. The number of hydrogen-bond donors (Lipinski definition) is 1. The molecular formula is C16H16Cl2N2O2S. The Labute approximate surface area is 148 Å². The smallest absolute Gasteiger partial charge is 0.269 e. The molecule has 0 aliphatic carbocycles. The van der Waals surface area contributed by atoms with Gasteiger partial charge in [-0.05, 0) is 32.2 Å². The molecule has 2 heterocycles. The summed E-state index contributed by atoms with van der Waals surface area (Å²) in [6, 6.07) is 1.88. The summed E-state index contributed by atoms with van der Waals surface area (Å²) in [4.78, 5) is 22.7. The van der Waals surface area contributed by atoms with E-state index in [9.17, 15) is 9.59 Å². The number of aromatic nitrogens is 1. The molecular weight excluding hydrogens is 355 g/mol. The van der Waals surface area contributed by atoms with Crippen molar-refractivity contribution in [1.29, 1.82) is 0 Å². The third-order valence-electron chi connectivity index (χ3n) is 3.12. The number of carbonyl (C=O) groups excluding carboxylic acids is 1. The monoisotopic (exact) mass is 370 g/mol. The Kier molecular flexibility index (Phi) is 5.41. The summed E-state index contributed by atoms with van der Waals surface area (Å²) in [6.45, 7) is 6.03. The highest BCUT2D eigenvalue weighted by atomic mass is 35.5. The number of rotatable bonds is 2. The minimum absolute atomic E-state index is 0.0199. The largest absolute Gasteiger partial charge is 0.343 e. The highest BCUT2D eigenvalue weighted by molar-refractivity contribution is 7.17. The van der Waals surface area contributed by atoms with Crippen molar-refractivity contribution in [3.63, 3.8) is 0 Å². The van der Waals surface area contributed by atoms with Crippen molar-refractivity contribution in [2.75, 3.05) is 6.54 Å². The zero-order valence-corrected chi connectivity index (χ0v) is 15.3. The highest BCUT2D eigenvalue weighted by Crippen LogP contribution is 2.23. The molecule has 2 rings (SSSR count). The molecule has 0 radical (unpaired) electrons. The molecule has 0 aromatic carbocycles. The molecule has 0 aliphatic rings. The number of thiophene rings is 1. The minimum Gasteiger partial charge on any atom is -0.343 e. The Balaban J connectivity index is 2.38. The van der Waals surface area contributed by atoms with Gasteiger partial charge in [-0.15, -0.1) is 11.3 Å². The molecule has 0 fully saturated rings. The molecule has 0 unspecified atom stereocenters. The first-order chi connectivity index (χ1) is 10.7. The number of halogens is 2. The first-order valence-corrected chi connectivity index (χ1v) is 8.65. The van der Waals surface area contributed by atoms with Gasteiger partial charge in [0, 0.05) is 22.7 Å². The number of pyridine rings is 1. The maximum Gasteiger partial charge on any atom is 0.269 e. The molecule has 0 atom stereocenters. The van der Waals surface area contributed by atoms with Crippen LogP contribution in [0.3, 0.4) is 0 Å². The lowest BCUT2D eigenvalue weighted by Crippen LogP contribution is -2.33. The number of nitrogens with zero attached hydrogens (tertiary/aromatic N) is 1. The summed E-state index contributed by atoms with van der Waals surface area (Å²) in [7, 11) is 0. The standard InChI is InChI=1S/C16H16Cl2N2O2S/c1-16(2,3)20-9-10(5-4-7-19-14(21)13(17)18)11-6-8-23-12(11)15(20)22/h6,8-9,13H,7H2,1-3H3,(H,19,21). The predicted molar refractivity (Wildman–Crippen MR) is 96.5 cm³/mol. The molecule has 122 valence electrons. The van der Waals surface area contributed by atoms with Gasteiger partial charge in [0.25, 0.3) is 11.5 Å². The summed E-state index contributed by atoms with van der Waals surface area (Å²) in [5, 5.41) is 5.21. The Bertz CT molecular complexity index is 851. The number of fused-ring (bicyclic) bond motifs is 1. The first-order valence-electron chi connectivity index (χ1n) is 6.90. The molecule has 0 spiro atoms. The van der Waals surface area contributed by atoms with Crippen molar-refractivity contribution in [2.45, 2.75) is 31.1 Å². The van der Waals surface area contributed by atoms with E-state index in [4.69, 9.17) is 23.2 Å². The van der Waals surface area contributed by atoms with Gasteiger partial charge in [0.1, 0.15) is 4.70 Å².